The van der Waals surface area contributed by atoms with Crippen LogP contribution in [0.1, 0.15) is 28.6 Å². The van der Waals surface area contributed by atoms with E-state index in [1.807, 2.05) is 49.4 Å². The van der Waals surface area contributed by atoms with Gasteiger partial charge in [-0.2, -0.15) is 0 Å². The molecular formula is C23H22N2O2S. The van der Waals surface area contributed by atoms with Gasteiger partial charge in [0.15, 0.2) is 0 Å². The highest BCUT2D eigenvalue weighted by atomic mass is 32.1. The first-order valence-corrected chi connectivity index (χ1v) is 10.2. The molecule has 0 bridgehead atoms. The molecule has 0 saturated heterocycles. The summed E-state index contributed by atoms with van der Waals surface area (Å²) in [4.78, 5) is 18.9. The Labute approximate surface area is 168 Å². The fourth-order valence-electron chi connectivity index (χ4n) is 3.25. The summed E-state index contributed by atoms with van der Waals surface area (Å²) in [5, 5.41) is 5.10. The lowest BCUT2D eigenvalue weighted by molar-refractivity contribution is 0.0942. The lowest BCUT2D eigenvalue weighted by Crippen LogP contribution is -2.32. The number of aryl methyl sites for hydroxylation is 1. The zero-order valence-corrected chi connectivity index (χ0v) is 16.8. The Kier molecular flexibility index (Phi) is 5.26. The van der Waals surface area contributed by atoms with Gasteiger partial charge < -0.3 is 10.1 Å². The Morgan fingerprint density at radius 2 is 1.93 bits per heavy atom. The van der Waals surface area contributed by atoms with Crippen LogP contribution in [0, 0.1) is 0 Å². The highest BCUT2D eigenvalue weighted by Crippen LogP contribution is 2.29. The van der Waals surface area contributed by atoms with E-state index in [1.54, 1.807) is 7.11 Å². The number of carbonyl (C=O) groups is 1. The number of nitrogens with zero attached hydrogens (tertiary/aromatic N) is 1. The van der Waals surface area contributed by atoms with E-state index in [4.69, 9.17) is 9.72 Å². The molecule has 28 heavy (non-hydrogen) atoms. The predicted octanol–water partition coefficient (Wildman–Crippen LogP) is 5.21. The topological polar surface area (TPSA) is 51.2 Å². The Balaban J connectivity index is 1.48. The van der Waals surface area contributed by atoms with Crippen molar-refractivity contribution < 1.29 is 9.53 Å². The zero-order valence-electron chi connectivity index (χ0n) is 15.9. The van der Waals surface area contributed by atoms with Gasteiger partial charge in [0.25, 0.3) is 5.91 Å². The van der Waals surface area contributed by atoms with E-state index >= 15 is 0 Å². The molecule has 142 valence electrons. The minimum Gasteiger partial charge on any atom is -0.497 e. The van der Waals surface area contributed by atoms with E-state index < -0.39 is 0 Å². The SMILES string of the molecule is COc1ccc2nc3sc(C(=O)NC(C)CCc4ccccc4)cc3cc2c1. The van der Waals surface area contributed by atoms with Crippen LogP contribution in [0.3, 0.4) is 0 Å². The molecule has 4 aromatic rings. The number of methoxy groups -OCH3 is 1. The smallest absolute Gasteiger partial charge is 0.261 e. The zero-order chi connectivity index (χ0) is 19.5. The molecule has 0 aliphatic rings. The van der Waals surface area contributed by atoms with Gasteiger partial charge in [-0.1, -0.05) is 30.3 Å². The minimum atomic E-state index is -0.0369. The molecule has 0 aliphatic carbocycles. The summed E-state index contributed by atoms with van der Waals surface area (Å²) >= 11 is 1.43. The van der Waals surface area contributed by atoms with Crippen molar-refractivity contribution >= 4 is 38.4 Å². The maximum Gasteiger partial charge on any atom is 0.261 e. The van der Waals surface area contributed by atoms with Crippen molar-refractivity contribution in [1.82, 2.24) is 10.3 Å². The van der Waals surface area contributed by atoms with E-state index in [9.17, 15) is 4.79 Å². The average molecular weight is 391 g/mol. The van der Waals surface area contributed by atoms with Gasteiger partial charge in [0, 0.05) is 16.8 Å². The molecule has 1 N–H and O–H groups in total. The fourth-order valence-corrected chi connectivity index (χ4v) is 4.17. The van der Waals surface area contributed by atoms with Gasteiger partial charge in [-0.05, 0) is 55.7 Å². The number of benzene rings is 2. The third kappa shape index (κ3) is 3.99. The number of aromatic nitrogens is 1. The Hall–Kier alpha value is -2.92. The van der Waals surface area contributed by atoms with Gasteiger partial charge in [0.2, 0.25) is 0 Å². The molecule has 2 heterocycles. The van der Waals surface area contributed by atoms with Crippen LogP contribution in [-0.2, 0) is 6.42 Å². The number of fused-ring (bicyclic) bond motifs is 2. The highest BCUT2D eigenvalue weighted by Gasteiger charge is 2.14. The van der Waals surface area contributed by atoms with Crippen molar-refractivity contribution in [2.45, 2.75) is 25.8 Å². The van der Waals surface area contributed by atoms with Crippen molar-refractivity contribution in [1.29, 1.82) is 0 Å². The average Bonchev–Trinajstić information content (AvgIpc) is 3.14. The van der Waals surface area contributed by atoms with Crippen molar-refractivity contribution in [2.24, 2.45) is 0 Å². The van der Waals surface area contributed by atoms with Crippen LogP contribution in [0.4, 0.5) is 0 Å². The number of hydrogen-bond donors (Lipinski definition) is 1. The third-order valence-electron chi connectivity index (χ3n) is 4.82. The summed E-state index contributed by atoms with van der Waals surface area (Å²) in [7, 11) is 1.65. The molecule has 5 heteroatoms. The lowest BCUT2D eigenvalue weighted by Gasteiger charge is -2.13. The predicted molar refractivity (Wildman–Crippen MR) is 115 cm³/mol. The fraction of sp³-hybridized carbons (Fsp3) is 0.217. The largest absolute Gasteiger partial charge is 0.497 e. The van der Waals surface area contributed by atoms with Gasteiger partial charge in [0.05, 0.1) is 17.5 Å². The first-order chi connectivity index (χ1) is 13.6. The molecule has 0 radical (unpaired) electrons. The summed E-state index contributed by atoms with van der Waals surface area (Å²) in [6.45, 7) is 2.05. The highest BCUT2D eigenvalue weighted by molar-refractivity contribution is 7.20. The van der Waals surface area contributed by atoms with E-state index in [0.29, 0.717) is 4.88 Å². The molecule has 0 aliphatic heterocycles. The molecule has 0 spiro atoms. The molecule has 0 saturated carbocycles. The number of amides is 1. The number of pyridine rings is 1. The van der Waals surface area contributed by atoms with Crippen LogP contribution in [0.25, 0.3) is 21.1 Å². The Bertz CT molecular complexity index is 1120. The van der Waals surface area contributed by atoms with Crippen LogP contribution in [0.2, 0.25) is 0 Å². The third-order valence-corrected chi connectivity index (χ3v) is 5.86. The minimum absolute atomic E-state index is 0.0369. The van der Waals surface area contributed by atoms with Gasteiger partial charge in [-0.3, -0.25) is 4.79 Å². The number of rotatable bonds is 6. The molecule has 0 fully saturated rings. The molecule has 4 nitrogen and oxygen atoms in total. The quantitative estimate of drug-likeness (QED) is 0.492. The molecule has 1 atom stereocenters. The van der Waals surface area contributed by atoms with Crippen LogP contribution >= 0.6 is 11.3 Å². The van der Waals surface area contributed by atoms with E-state index in [2.05, 4.69) is 23.5 Å². The lowest BCUT2D eigenvalue weighted by atomic mass is 10.1. The number of thiophene rings is 1. The molecule has 1 unspecified atom stereocenters. The molecule has 4 rings (SSSR count). The molecule has 1 amide bonds. The van der Waals surface area contributed by atoms with Crippen LogP contribution in [-0.4, -0.2) is 24.0 Å². The standard InChI is InChI=1S/C23H22N2O2S/c1-15(8-9-16-6-4-3-5-7-16)24-22(26)21-14-18-12-17-13-19(27-2)10-11-20(17)25-23(18)28-21/h3-7,10-15H,8-9H2,1-2H3,(H,24,26). The monoisotopic (exact) mass is 390 g/mol. The van der Waals surface area contributed by atoms with Crippen LogP contribution in [0.15, 0.2) is 60.7 Å². The maximum absolute atomic E-state index is 12.7. The second-order valence-electron chi connectivity index (χ2n) is 6.95. The first-order valence-electron chi connectivity index (χ1n) is 9.35. The van der Waals surface area contributed by atoms with Gasteiger partial charge in [-0.25, -0.2) is 4.98 Å². The Morgan fingerprint density at radius 3 is 2.71 bits per heavy atom. The van der Waals surface area contributed by atoms with E-state index in [1.165, 1.54) is 16.9 Å². The second-order valence-corrected chi connectivity index (χ2v) is 7.98. The number of carbonyl (C=O) groups excluding carboxylic acids is 1. The summed E-state index contributed by atoms with van der Waals surface area (Å²) in [5.74, 6) is 0.763. The van der Waals surface area contributed by atoms with Crippen LogP contribution in [0.5, 0.6) is 5.75 Å². The summed E-state index contributed by atoms with van der Waals surface area (Å²) < 4.78 is 5.29. The molecule has 2 aromatic heterocycles. The molecular weight excluding hydrogens is 368 g/mol. The van der Waals surface area contributed by atoms with Crippen molar-refractivity contribution in [3.63, 3.8) is 0 Å². The number of nitrogens with one attached hydrogen (secondary N) is 1. The van der Waals surface area contributed by atoms with Crippen LogP contribution < -0.4 is 10.1 Å². The maximum atomic E-state index is 12.7. The van der Waals surface area contributed by atoms with E-state index in [-0.39, 0.29) is 11.9 Å². The van der Waals surface area contributed by atoms with Crippen molar-refractivity contribution in [2.75, 3.05) is 7.11 Å². The van der Waals surface area contributed by atoms with Gasteiger partial charge in [0.1, 0.15) is 10.6 Å². The van der Waals surface area contributed by atoms with Gasteiger partial charge >= 0.3 is 0 Å². The number of ether oxygens (including phenoxy) is 1. The van der Waals surface area contributed by atoms with Crippen molar-refractivity contribution in [3.8, 4) is 5.75 Å². The van der Waals surface area contributed by atoms with E-state index in [0.717, 1.165) is 39.7 Å². The summed E-state index contributed by atoms with van der Waals surface area (Å²) in [6.07, 6.45) is 1.85. The normalized spacial score (nSPS) is 12.2. The summed E-state index contributed by atoms with van der Waals surface area (Å²) in [6, 6.07) is 20.2. The first kappa shape index (κ1) is 18.4. The summed E-state index contributed by atoms with van der Waals surface area (Å²) in [5.41, 5.74) is 2.19. The Morgan fingerprint density at radius 1 is 1.11 bits per heavy atom. The number of hydrogen-bond acceptors (Lipinski definition) is 4. The molecule has 2 aromatic carbocycles. The van der Waals surface area contributed by atoms with Crippen molar-refractivity contribution in [3.05, 3.63) is 71.1 Å². The second kappa shape index (κ2) is 7.98. The van der Waals surface area contributed by atoms with Gasteiger partial charge in [-0.15, -0.1) is 11.3 Å².